The lowest BCUT2D eigenvalue weighted by atomic mass is 10.2. The fourth-order valence-corrected chi connectivity index (χ4v) is 1.58. The highest BCUT2D eigenvalue weighted by Gasteiger charge is 2.09. The summed E-state index contributed by atoms with van der Waals surface area (Å²) in [5.74, 6) is -0.00125. The summed E-state index contributed by atoms with van der Waals surface area (Å²) in [7, 11) is -3.22. The molecule has 72 valence electrons. The van der Waals surface area contributed by atoms with E-state index >= 15 is 0 Å². The predicted octanol–water partition coefficient (Wildman–Crippen LogP) is -0.939. The molecule has 0 aliphatic carbocycles. The van der Waals surface area contributed by atoms with E-state index < -0.39 is 10.0 Å². The van der Waals surface area contributed by atoms with Gasteiger partial charge >= 0.3 is 0 Å². The number of oxime groups is 1. The van der Waals surface area contributed by atoms with E-state index in [1.807, 2.05) is 0 Å². The maximum atomic E-state index is 10.7. The minimum Gasteiger partial charge on any atom is -0.409 e. The second kappa shape index (κ2) is 4.27. The predicted molar refractivity (Wildman–Crippen MR) is 45.5 cm³/mol. The summed E-state index contributed by atoms with van der Waals surface area (Å²) in [4.78, 5) is 0. The molecule has 0 aromatic rings. The third-order valence-electron chi connectivity index (χ3n) is 1.06. The quantitative estimate of drug-likeness (QED) is 0.233. The molecule has 0 rings (SSSR count). The number of amidine groups is 1. The van der Waals surface area contributed by atoms with E-state index in [0.717, 1.165) is 6.26 Å². The zero-order chi connectivity index (χ0) is 9.78. The molecule has 0 aliphatic rings. The SMILES string of the molecule is CC(CC(N)=NO)NS(C)(=O)=O. The van der Waals surface area contributed by atoms with Crippen molar-refractivity contribution in [2.75, 3.05) is 6.26 Å². The summed E-state index contributed by atoms with van der Waals surface area (Å²) in [6.07, 6.45) is 1.24. The van der Waals surface area contributed by atoms with Crippen LogP contribution in [-0.2, 0) is 10.0 Å². The molecule has 0 amide bonds. The number of hydrogen-bond donors (Lipinski definition) is 3. The van der Waals surface area contributed by atoms with Crippen molar-refractivity contribution in [3.05, 3.63) is 0 Å². The van der Waals surface area contributed by atoms with Crippen molar-refractivity contribution in [2.24, 2.45) is 10.9 Å². The number of sulfonamides is 1. The number of nitrogens with one attached hydrogen (secondary N) is 1. The van der Waals surface area contributed by atoms with Gasteiger partial charge in [0.25, 0.3) is 0 Å². The largest absolute Gasteiger partial charge is 0.409 e. The van der Waals surface area contributed by atoms with Gasteiger partial charge in [-0.15, -0.1) is 0 Å². The normalized spacial score (nSPS) is 16.0. The summed E-state index contributed by atoms with van der Waals surface area (Å²) < 4.78 is 23.6. The zero-order valence-electron chi connectivity index (χ0n) is 6.98. The molecule has 0 saturated heterocycles. The summed E-state index contributed by atoms with van der Waals surface area (Å²) >= 11 is 0. The molecular weight excluding hydrogens is 182 g/mol. The molecule has 7 heteroatoms. The highest BCUT2D eigenvalue weighted by atomic mass is 32.2. The summed E-state index contributed by atoms with van der Waals surface area (Å²) in [6, 6.07) is -0.365. The lowest BCUT2D eigenvalue weighted by Crippen LogP contribution is -2.34. The van der Waals surface area contributed by atoms with Gasteiger partial charge in [-0.25, -0.2) is 13.1 Å². The first-order chi connectivity index (χ1) is 5.35. The van der Waals surface area contributed by atoms with Crippen LogP contribution in [0.1, 0.15) is 13.3 Å². The van der Waals surface area contributed by atoms with Gasteiger partial charge in [0, 0.05) is 12.5 Å². The smallest absolute Gasteiger partial charge is 0.208 e. The van der Waals surface area contributed by atoms with Gasteiger partial charge < -0.3 is 10.9 Å². The maximum Gasteiger partial charge on any atom is 0.208 e. The van der Waals surface area contributed by atoms with Crippen LogP contribution >= 0.6 is 0 Å². The van der Waals surface area contributed by atoms with Gasteiger partial charge in [0.2, 0.25) is 10.0 Å². The molecule has 0 radical (unpaired) electrons. The van der Waals surface area contributed by atoms with Crippen LogP contribution < -0.4 is 10.5 Å². The molecule has 0 aromatic heterocycles. The Labute approximate surface area is 71.5 Å². The Hall–Kier alpha value is -0.820. The van der Waals surface area contributed by atoms with Crippen LogP contribution in [0.3, 0.4) is 0 Å². The molecule has 0 fully saturated rings. The van der Waals surface area contributed by atoms with Crippen LogP contribution in [0.4, 0.5) is 0 Å². The molecule has 6 nitrogen and oxygen atoms in total. The van der Waals surface area contributed by atoms with Crippen LogP contribution in [0.5, 0.6) is 0 Å². The van der Waals surface area contributed by atoms with Crippen molar-refractivity contribution in [1.82, 2.24) is 4.72 Å². The summed E-state index contributed by atoms with van der Waals surface area (Å²) in [6.45, 7) is 1.62. The lowest BCUT2D eigenvalue weighted by molar-refractivity contribution is 0.316. The molecular formula is C5H13N3O3S. The van der Waals surface area contributed by atoms with Crippen LogP contribution in [0, 0.1) is 0 Å². The average molecular weight is 195 g/mol. The highest BCUT2D eigenvalue weighted by molar-refractivity contribution is 7.88. The number of rotatable bonds is 4. The first-order valence-electron chi connectivity index (χ1n) is 3.29. The van der Waals surface area contributed by atoms with Crippen LogP contribution in [-0.4, -0.2) is 31.8 Å². The van der Waals surface area contributed by atoms with Crippen molar-refractivity contribution in [3.63, 3.8) is 0 Å². The molecule has 12 heavy (non-hydrogen) atoms. The monoisotopic (exact) mass is 195 g/mol. The third kappa shape index (κ3) is 5.93. The van der Waals surface area contributed by atoms with E-state index in [9.17, 15) is 8.42 Å². The van der Waals surface area contributed by atoms with E-state index in [1.54, 1.807) is 6.92 Å². The van der Waals surface area contributed by atoms with Gasteiger partial charge in [0.1, 0.15) is 5.84 Å². The second-order valence-corrected chi connectivity index (χ2v) is 4.37. The van der Waals surface area contributed by atoms with E-state index in [4.69, 9.17) is 10.9 Å². The van der Waals surface area contributed by atoms with E-state index in [1.165, 1.54) is 0 Å². The molecule has 0 aliphatic heterocycles. The Kier molecular flexibility index (Phi) is 3.98. The first kappa shape index (κ1) is 11.2. The van der Waals surface area contributed by atoms with Gasteiger partial charge in [0.05, 0.1) is 6.26 Å². The van der Waals surface area contributed by atoms with Crippen molar-refractivity contribution in [1.29, 1.82) is 0 Å². The van der Waals surface area contributed by atoms with Gasteiger partial charge in [0.15, 0.2) is 0 Å². The minimum absolute atomic E-state index is 0.00125. The standard InChI is InChI=1S/C5H13N3O3S/c1-4(3-5(6)7-9)8-12(2,10)11/h4,8-9H,3H2,1-2H3,(H2,6,7). The van der Waals surface area contributed by atoms with E-state index in [-0.39, 0.29) is 18.3 Å². The van der Waals surface area contributed by atoms with Crippen molar-refractivity contribution < 1.29 is 13.6 Å². The van der Waals surface area contributed by atoms with Gasteiger partial charge in [-0.05, 0) is 6.92 Å². The molecule has 0 heterocycles. The Morgan fingerprint density at radius 1 is 1.75 bits per heavy atom. The number of nitrogens with two attached hydrogens (primary N) is 1. The van der Waals surface area contributed by atoms with Crippen LogP contribution in [0.2, 0.25) is 0 Å². The zero-order valence-corrected chi connectivity index (χ0v) is 7.80. The molecule has 4 N–H and O–H groups in total. The Balaban J connectivity index is 4.00. The Morgan fingerprint density at radius 3 is 2.58 bits per heavy atom. The average Bonchev–Trinajstić information content (AvgIpc) is 1.82. The van der Waals surface area contributed by atoms with Crippen LogP contribution in [0.25, 0.3) is 0 Å². The molecule has 0 bridgehead atoms. The maximum absolute atomic E-state index is 10.7. The molecule has 0 saturated carbocycles. The second-order valence-electron chi connectivity index (χ2n) is 2.59. The third-order valence-corrected chi connectivity index (χ3v) is 1.89. The van der Waals surface area contributed by atoms with E-state index in [0.29, 0.717) is 0 Å². The van der Waals surface area contributed by atoms with Gasteiger partial charge in [-0.2, -0.15) is 0 Å². The highest BCUT2D eigenvalue weighted by Crippen LogP contribution is 1.92. The van der Waals surface area contributed by atoms with E-state index in [2.05, 4.69) is 9.88 Å². The Bertz CT molecular complexity index is 259. The number of nitrogens with zero attached hydrogens (tertiary/aromatic N) is 1. The molecule has 1 atom stereocenters. The van der Waals surface area contributed by atoms with Crippen molar-refractivity contribution >= 4 is 15.9 Å². The van der Waals surface area contributed by atoms with Crippen LogP contribution in [0.15, 0.2) is 5.16 Å². The van der Waals surface area contributed by atoms with Crippen molar-refractivity contribution in [2.45, 2.75) is 19.4 Å². The Morgan fingerprint density at radius 2 is 2.25 bits per heavy atom. The summed E-state index contributed by atoms with van der Waals surface area (Å²) in [5, 5.41) is 10.9. The van der Waals surface area contributed by atoms with Gasteiger partial charge in [-0.3, -0.25) is 0 Å². The summed E-state index contributed by atoms with van der Waals surface area (Å²) in [5.41, 5.74) is 5.16. The lowest BCUT2D eigenvalue weighted by Gasteiger charge is -2.09. The molecule has 0 spiro atoms. The fourth-order valence-electron chi connectivity index (χ4n) is 0.762. The minimum atomic E-state index is -3.22. The fraction of sp³-hybridized carbons (Fsp3) is 0.800. The molecule has 0 aromatic carbocycles. The first-order valence-corrected chi connectivity index (χ1v) is 5.18. The van der Waals surface area contributed by atoms with Gasteiger partial charge in [-0.1, -0.05) is 5.16 Å². The topological polar surface area (TPSA) is 105 Å². The number of hydrogen-bond acceptors (Lipinski definition) is 4. The van der Waals surface area contributed by atoms with Crippen molar-refractivity contribution in [3.8, 4) is 0 Å². The molecule has 1 unspecified atom stereocenters.